The third kappa shape index (κ3) is 1.67. The van der Waals surface area contributed by atoms with E-state index in [0.717, 1.165) is 4.57 Å². The van der Waals surface area contributed by atoms with Crippen LogP contribution in [0.25, 0.3) is 0 Å². The zero-order valence-corrected chi connectivity index (χ0v) is 8.52. The second-order valence-corrected chi connectivity index (χ2v) is 3.16. The third-order valence-corrected chi connectivity index (χ3v) is 2.02. The van der Waals surface area contributed by atoms with Gasteiger partial charge in [0, 0.05) is 6.20 Å². The second kappa shape index (κ2) is 3.76. The van der Waals surface area contributed by atoms with Crippen LogP contribution in [0.15, 0.2) is 6.20 Å². The molecule has 2 heterocycles. The molecule has 0 aliphatic carbocycles. The molecule has 1 aromatic rings. The van der Waals surface area contributed by atoms with Gasteiger partial charge in [0.05, 0.1) is 6.61 Å². The van der Waals surface area contributed by atoms with Crippen LogP contribution in [-0.2, 0) is 9.53 Å². The SMILES string of the molecule is CCOC(=O)c1cn2c(n1)NC(=O)CC2=O. The Kier molecular flexibility index (Phi) is 2.43. The predicted molar refractivity (Wildman–Crippen MR) is 52.1 cm³/mol. The Hall–Kier alpha value is -2.18. The van der Waals surface area contributed by atoms with Gasteiger partial charge in [0.1, 0.15) is 6.42 Å². The van der Waals surface area contributed by atoms with Crippen molar-refractivity contribution in [2.24, 2.45) is 0 Å². The van der Waals surface area contributed by atoms with Crippen molar-refractivity contribution >= 4 is 23.7 Å². The van der Waals surface area contributed by atoms with Crippen LogP contribution in [0, 0.1) is 0 Å². The zero-order chi connectivity index (χ0) is 11.7. The molecule has 7 heteroatoms. The van der Waals surface area contributed by atoms with E-state index in [0.29, 0.717) is 0 Å². The number of rotatable bonds is 2. The molecular formula is C9H9N3O4. The van der Waals surface area contributed by atoms with Gasteiger partial charge in [-0.15, -0.1) is 0 Å². The van der Waals surface area contributed by atoms with E-state index in [9.17, 15) is 14.4 Å². The van der Waals surface area contributed by atoms with Crippen LogP contribution in [0.2, 0.25) is 0 Å². The van der Waals surface area contributed by atoms with Crippen LogP contribution >= 0.6 is 0 Å². The summed E-state index contributed by atoms with van der Waals surface area (Å²) < 4.78 is 5.86. The lowest BCUT2D eigenvalue weighted by Crippen LogP contribution is -2.28. The summed E-state index contributed by atoms with van der Waals surface area (Å²) in [5.41, 5.74) is 0.00685. The second-order valence-electron chi connectivity index (χ2n) is 3.16. The first-order valence-electron chi connectivity index (χ1n) is 4.71. The zero-order valence-electron chi connectivity index (χ0n) is 8.52. The van der Waals surface area contributed by atoms with E-state index in [1.165, 1.54) is 6.20 Å². The number of carbonyl (C=O) groups excluding carboxylic acids is 3. The van der Waals surface area contributed by atoms with Crippen molar-refractivity contribution in [1.82, 2.24) is 9.55 Å². The number of nitrogens with one attached hydrogen (secondary N) is 1. The predicted octanol–water partition coefficient (Wildman–Crippen LogP) is 0.0422. The average molecular weight is 223 g/mol. The van der Waals surface area contributed by atoms with E-state index in [-0.39, 0.29) is 24.7 Å². The van der Waals surface area contributed by atoms with Crippen molar-refractivity contribution < 1.29 is 19.1 Å². The molecular weight excluding hydrogens is 214 g/mol. The molecule has 0 fully saturated rings. The van der Waals surface area contributed by atoms with Crippen molar-refractivity contribution in [2.75, 3.05) is 11.9 Å². The molecule has 0 radical (unpaired) electrons. The minimum Gasteiger partial charge on any atom is -0.461 e. The quantitative estimate of drug-likeness (QED) is 0.564. The summed E-state index contributed by atoms with van der Waals surface area (Å²) in [6.45, 7) is 1.89. The first kappa shape index (κ1) is 10.3. The molecule has 1 aromatic heterocycles. The first-order chi connectivity index (χ1) is 7.61. The maximum Gasteiger partial charge on any atom is 0.358 e. The summed E-state index contributed by atoms with van der Waals surface area (Å²) >= 11 is 0. The molecule has 0 spiro atoms. The highest BCUT2D eigenvalue weighted by molar-refractivity contribution is 6.09. The van der Waals surface area contributed by atoms with Crippen LogP contribution in [0.4, 0.5) is 5.95 Å². The monoisotopic (exact) mass is 223 g/mol. The number of esters is 1. The highest BCUT2D eigenvalue weighted by Gasteiger charge is 2.26. The van der Waals surface area contributed by atoms with Crippen molar-refractivity contribution in [3.05, 3.63) is 11.9 Å². The topological polar surface area (TPSA) is 90.3 Å². The lowest BCUT2D eigenvalue weighted by molar-refractivity contribution is -0.115. The summed E-state index contributed by atoms with van der Waals surface area (Å²) in [5.74, 6) is -1.41. The number of ether oxygens (including phenoxy) is 1. The number of amides is 1. The van der Waals surface area contributed by atoms with E-state index < -0.39 is 17.8 Å². The molecule has 0 unspecified atom stereocenters. The van der Waals surface area contributed by atoms with Crippen molar-refractivity contribution in [1.29, 1.82) is 0 Å². The lowest BCUT2D eigenvalue weighted by Gasteiger charge is -2.11. The highest BCUT2D eigenvalue weighted by atomic mass is 16.5. The number of anilines is 1. The van der Waals surface area contributed by atoms with Gasteiger partial charge in [0.25, 0.3) is 0 Å². The minimum absolute atomic E-state index is 0.00685. The summed E-state index contributed by atoms with van der Waals surface area (Å²) in [4.78, 5) is 37.6. The molecule has 0 saturated carbocycles. The summed E-state index contributed by atoms with van der Waals surface area (Å²) in [6.07, 6.45) is 1.01. The van der Waals surface area contributed by atoms with Gasteiger partial charge in [0.15, 0.2) is 5.69 Å². The van der Waals surface area contributed by atoms with Gasteiger partial charge >= 0.3 is 5.97 Å². The van der Waals surface area contributed by atoms with Gasteiger partial charge < -0.3 is 4.74 Å². The third-order valence-electron chi connectivity index (χ3n) is 2.02. The summed E-state index contributed by atoms with van der Waals surface area (Å²) in [7, 11) is 0. The maximum atomic E-state index is 11.4. The van der Waals surface area contributed by atoms with E-state index in [1.54, 1.807) is 6.92 Å². The molecule has 1 N–H and O–H groups in total. The van der Waals surface area contributed by atoms with Crippen molar-refractivity contribution in [2.45, 2.75) is 13.3 Å². The fraction of sp³-hybridized carbons (Fsp3) is 0.333. The molecule has 0 aromatic carbocycles. The number of aromatic nitrogens is 2. The Labute approximate surface area is 90.4 Å². The van der Waals surface area contributed by atoms with Gasteiger partial charge in [-0.1, -0.05) is 0 Å². The van der Waals surface area contributed by atoms with Crippen LogP contribution in [0.5, 0.6) is 0 Å². The Morgan fingerprint density at radius 2 is 2.38 bits per heavy atom. The van der Waals surface area contributed by atoms with Gasteiger partial charge in [-0.2, -0.15) is 0 Å². The van der Waals surface area contributed by atoms with E-state index in [2.05, 4.69) is 10.3 Å². The lowest BCUT2D eigenvalue weighted by atomic mass is 10.3. The maximum absolute atomic E-state index is 11.4. The number of fused-ring (bicyclic) bond motifs is 1. The Morgan fingerprint density at radius 1 is 1.62 bits per heavy atom. The van der Waals surface area contributed by atoms with Crippen molar-refractivity contribution in [3.8, 4) is 0 Å². The van der Waals surface area contributed by atoms with Gasteiger partial charge in [-0.3, -0.25) is 19.5 Å². The molecule has 0 atom stereocenters. The van der Waals surface area contributed by atoms with Crippen LogP contribution in [0.1, 0.15) is 28.6 Å². The normalized spacial score (nSPS) is 14.3. The fourth-order valence-electron chi connectivity index (χ4n) is 1.35. The Bertz CT molecular complexity index is 477. The first-order valence-corrected chi connectivity index (χ1v) is 4.71. The smallest absolute Gasteiger partial charge is 0.358 e. The van der Waals surface area contributed by atoms with Crippen LogP contribution in [0.3, 0.4) is 0 Å². The summed E-state index contributed by atoms with van der Waals surface area (Å²) in [5, 5.41) is 2.39. The molecule has 0 saturated heterocycles. The highest BCUT2D eigenvalue weighted by Crippen LogP contribution is 2.15. The number of imidazole rings is 1. The van der Waals surface area contributed by atoms with Gasteiger partial charge in [-0.25, -0.2) is 9.78 Å². The molecule has 1 aliphatic heterocycles. The van der Waals surface area contributed by atoms with E-state index in [4.69, 9.17) is 4.74 Å². The fourth-order valence-corrected chi connectivity index (χ4v) is 1.35. The number of hydrogen-bond donors (Lipinski definition) is 1. The molecule has 7 nitrogen and oxygen atoms in total. The van der Waals surface area contributed by atoms with Crippen molar-refractivity contribution in [3.63, 3.8) is 0 Å². The van der Waals surface area contributed by atoms with E-state index >= 15 is 0 Å². The van der Waals surface area contributed by atoms with E-state index in [1.807, 2.05) is 0 Å². The average Bonchev–Trinajstić information content (AvgIpc) is 2.62. The number of carbonyl (C=O) groups is 3. The molecule has 0 bridgehead atoms. The van der Waals surface area contributed by atoms with Crippen LogP contribution < -0.4 is 5.32 Å². The molecule has 16 heavy (non-hydrogen) atoms. The molecule has 2 rings (SSSR count). The molecule has 1 amide bonds. The Balaban J connectivity index is 2.33. The molecule has 84 valence electrons. The van der Waals surface area contributed by atoms with Gasteiger partial charge in [-0.05, 0) is 6.92 Å². The minimum atomic E-state index is -0.619. The Morgan fingerprint density at radius 3 is 3.06 bits per heavy atom. The standard InChI is InChI=1S/C9H9N3O4/c1-2-16-8(15)5-4-12-7(14)3-6(13)11-9(12)10-5/h4H,2-3H2,1H3,(H,10,11,13). The van der Waals surface area contributed by atoms with Crippen LogP contribution in [-0.4, -0.2) is 33.9 Å². The molecule has 1 aliphatic rings. The summed E-state index contributed by atoms with van der Waals surface area (Å²) in [6, 6.07) is 0. The largest absolute Gasteiger partial charge is 0.461 e. The number of nitrogens with zero attached hydrogens (tertiary/aromatic N) is 2. The number of hydrogen-bond acceptors (Lipinski definition) is 5. The van der Waals surface area contributed by atoms with Gasteiger partial charge in [0.2, 0.25) is 17.8 Å².